The van der Waals surface area contributed by atoms with Crippen molar-refractivity contribution in [3.05, 3.63) is 35.4 Å². The van der Waals surface area contributed by atoms with Gasteiger partial charge in [-0.3, -0.25) is 9.69 Å². The van der Waals surface area contributed by atoms with Crippen LogP contribution in [0.1, 0.15) is 35.2 Å². The molecule has 0 spiro atoms. The smallest absolute Gasteiger partial charge is 0.253 e. The summed E-state index contributed by atoms with van der Waals surface area (Å²) in [5, 5.41) is 0. The van der Waals surface area contributed by atoms with Gasteiger partial charge in [-0.25, -0.2) is 0 Å². The summed E-state index contributed by atoms with van der Waals surface area (Å²) in [5.74, 6) is 0.149. The molecule has 2 heterocycles. The molecule has 1 amide bonds. The van der Waals surface area contributed by atoms with E-state index in [4.69, 9.17) is 10.5 Å². The van der Waals surface area contributed by atoms with Gasteiger partial charge in [0, 0.05) is 58.0 Å². The van der Waals surface area contributed by atoms with E-state index in [2.05, 4.69) is 29.0 Å². The van der Waals surface area contributed by atoms with Gasteiger partial charge in [0.2, 0.25) is 0 Å². The van der Waals surface area contributed by atoms with Gasteiger partial charge in [0.1, 0.15) is 0 Å². The summed E-state index contributed by atoms with van der Waals surface area (Å²) < 4.78 is 5.84. The maximum Gasteiger partial charge on any atom is 0.253 e. The predicted molar refractivity (Wildman–Crippen MR) is 122 cm³/mol. The molecule has 2 aliphatic rings. The molecule has 0 unspecified atom stereocenters. The largest absolute Gasteiger partial charge is 0.378 e. The van der Waals surface area contributed by atoms with E-state index in [-0.39, 0.29) is 36.8 Å². The number of nitrogens with two attached hydrogens (primary N) is 1. The van der Waals surface area contributed by atoms with Crippen molar-refractivity contribution in [2.24, 2.45) is 5.73 Å². The first kappa shape index (κ1) is 26.1. The second-order valence-corrected chi connectivity index (χ2v) is 7.78. The number of likely N-dealkylation sites (tertiary alicyclic amines) is 1. The summed E-state index contributed by atoms with van der Waals surface area (Å²) in [6.45, 7) is 8.27. The molecule has 29 heavy (non-hydrogen) atoms. The van der Waals surface area contributed by atoms with Gasteiger partial charge >= 0.3 is 0 Å². The molecule has 3 rings (SSSR count). The molecule has 1 aromatic carbocycles. The first-order valence-corrected chi connectivity index (χ1v) is 10.3. The fourth-order valence-corrected chi connectivity index (χ4v) is 3.81. The van der Waals surface area contributed by atoms with E-state index in [9.17, 15) is 4.79 Å². The number of piperidine rings is 1. The molecule has 0 saturated carbocycles. The van der Waals surface area contributed by atoms with Crippen LogP contribution in [0.5, 0.6) is 0 Å². The predicted octanol–water partition coefficient (Wildman–Crippen LogP) is 2.25. The minimum Gasteiger partial charge on any atom is -0.378 e. The molecule has 2 fully saturated rings. The van der Waals surface area contributed by atoms with E-state index in [0.717, 1.165) is 77.2 Å². The zero-order valence-corrected chi connectivity index (χ0v) is 19.1. The molecule has 1 aromatic rings. The van der Waals surface area contributed by atoms with Crippen LogP contribution in [0.3, 0.4) is 0 Å². The molecule has 0 atom stereocenters. The first-order valence-electron chi connectivity index (χ1n) is 10.3. The minimum absolute atomic E-state index is 0. The SMILES string of the molecule is CN1CCN(Cc2cccc(C(=O)N3CCC(OCCCN)CC3)c2)CC1.Cl.Cl. The molecule has 2 N–H and O–H groups in total. The molecule has 2 aliphatic heterocycles. The van der Waals surface area contributed by atoms with E-state index in [1.54, 1.807) is 0 Å². The zero-order valence-electron chi connectivity index (χ0n) is 17.4. The number of carbonyl (C=O) groups is 1. The van der Waals surface area contributed by atoms with Gasteiger partial charge in [-0.05, 0) is 50.6 Å². The van der Waals surface area contributed by atoms with Crippen LogP contribution in [0.15, 0.2) is 24.3 Å². The highest BCUT2D eigenvalue weighted by Gasteiger charge is 2.24. The summed E-state index contributed by atoms with van der Waals surface area (Å²) in [5.41, 5.74) is 7.55. The Bertz CT molecular complexity index is 604. The third-order valence-corrected chi connectivity index (χ3v) is 5.61. The van der Waals surface area contributed by atoms with E-state index < -0.39 is 0 Å². The van der Waals surface area contributed by atoms with Crippen LogP contribution in [0.2, 0.25) is 0 Å². The molecule has 0 radical (unpaired) electrons. The number of hydrogen-bond acceptors (Lipinski definition) is 5. The molecule has 0 bridgehead atoms. The molecule has 6 nitrogen and oxygen atoms in total. The first-order chi connectivity index (χ1) is 13.2. The van der Waals surface area contributed by atoms with Crippen molar-refractivity contribution in [1.29, 1.82) is 0 Å². The number of amides is 1. The number of rotatable bonds is 7. The Kier molecular flexibility index (Phi) is 12.1. The van der Waals surface area contributed by atoms with Crippen molar-refractivity contribution >= 4 is 30.7 Å². The van der Waals surface area contributed by atoms with Gasteiger partial charge in [-0.15, -0.1) is 24.8 Å². The maximum absolute atomic E-state index is 12.9. The van der Waals surface area contributed by atoms with E-state index in [1.807, 2.05) is 17.0 Å². The zero-order chi connectivity index (χ0) is 19.1. The highest BCUT2D eigenvalue weighted by molar-refractivity contribution is 5.94. The number of piperazine rings is 1. The Labute approximate surface area is 187 Å². The average Bonchev–Trinajstić information content (AvgIpc) is 2.70. The Morgan fingerprint density at radius 3 is 2.45 bits per heavy atom. The average molecular weight is 447 g/mol. The van der Waals surface area contributed by atoms with Crippen LogP contribution >= 0.6 is 24.8 Å². The number of benzene rings is 1. The standard InChI is InChI=1S/C21H34N4O2.2ClH/c1-23-11-13-24(14-12-23)17-18-4-2-5-19(16-18)21(26)25-9-6-20(7-10-25)27-15-3-8-22;;/h2,4-5,16,20H,3,6-15,17,22H2,1H3;2*1H. The Morgan fingerprint density at radius 1 is 1.10 bits per heavy atom. The molecule has 2 saturated heterocycles. The maximum atomic E-state index is 12.9. The lowest BCUT2D eigenvalue weighted by Crippen LogP contribution is -2.44. The van der Waals surface area contributed by atoms with Crippen LogP contribution in [-0.4, -0.2) is 86.2 Å². The van der Waals surface area contributed by atoms with Crippen molar-refractivity contribution in [1.82, 2.24) is 14.7 Å². The quantitative estimate of drug-likeness (QED) is 0.650. The number of likely N-dealkylation sites (N-methyl/N-ethyl adjacent to an activating group) is 1. The van der Waals surface area contributed by atoms with Gasteiger partial charge in [0.05, 0.1) is 6.10 Å². The third-order valence-electron chi connectivity index (χ3n) is 5.61. The van der Waals surface area contributed by atoms with Gasteiger partial charge in [0.15, 0.2) is 0 Å². The van der Waals surface area contributed by atoms with Crippen molar-refractivity contribution < 1.29 is 9.53 Å². The highest BCUT2D eigenvalue weighted by Crippen LogP contribution is 2.18. The highest BCUT2D eigenvalue weighted by atomic mass is 35.5. The Balaban J connectivity index is 0.00000210. The second kappa shape index (κ2) is 13.4. The molecule has 8 heteroatoms. The Morgan fingerprint density at radius 2 is 1.79 bits per heavy atom. The number of ether oxygens (including phenoxy) is 1. The normalized spacial score (nSPS) is 18.8. The lowest BCUT2D eigenvalue weighted by Gasteiger charge is -2.33. The number of nitrogens with zero attached hydrogens (tertiary/aromatic N) is 3. The molecule has 0 aliphatic carbocycles. The van der Waals surface area contributed by atoms with E-state index >= 15 is 0 Å². The van der Waals surface area contributed by atoms with Crippen LogP contribution in [0.25, 0.3) is 0 Å². The van der Waals surface area contributed by atoms with Crippen LogP contribution in [0.4, 0.5) is 0 Å². The minimum atomic E-state index is 0. The van der Waals surface area contributed by atoms with Crippen molar-refractivity contribution in [2.75, 3.05) is 59.5 Å². The van der Waals surface area contributed by atoms with Crippen molar-refractivity contribution in [3.8, 4) is 0 Å². The van der Waals surface area contributed by atoms with Crippen LogP contribution in [0, 0.1) is 0 Å². The second-order valence-electron chi connectivity index (χ2n) is 7.78. The summed E-state index contributed by atoms with van der Waals surface area (Å²) in [6.07, 6.45) is 3.00. The lowest BCUT2D eigenvalue weighted by molar-refractivity contribution is 0.00844. The number of hydrogen-bond donors (Lipinski definition) is 1. The van der Waals surface area contributed by atoms with Crippen molar-refractivity contribution in [2.45, 2.75) is 31.9 Å². The fourth-order valence-electron chi connectivity index (χ4n) is 3.81. The molecule has 166 valence electrons. The summed E-state index contributed by atoms with van der Waals surface area (Å²) in [6, 6.07) is 8.16. The number of halogens is 2. The summed E-state index contributed by atoms with van der Waals surface area (Å²) >= 11 is 0. The molecular formula is C21H36Cl2N4O2. The van der Waals surface area contributed by atoms with Crippen molar-refractivity contribution in [3.63, 3.8) is 0 Å². The third kappa shape index (κ3) is 8.04. The van der Waals surface area contributed by atoms with Gasteiger partial charge in [0.25, 0.3) is 5.91 Å². The topological polar surface area (TPSA) is 62.0 Å². The lowest BCUT2D eigenvalue weighted by atomic mass is 10.0. The number of carbonyl (C=O) groups excluding carboxylic acids is 1. The van der Waals surface area contributed by atoms with E-state index in [1.165, 1.54) is 5.56 Å². The summed E-state index contributed by atoms with van der Waals surface area (Å²) in [7, 11) is 2.17. The van der Waals surface area contributed by atoms with Crippen LogP contribution < -0.4 is 5.73 Å². The van der Waals surface area contributed by atoms with Crippen LogP contribution in [-0.2, 0) is 11.3 Å². The fraction of sp³-hybridized carbons (Fsp3) is 0.667. The molecular weight excluding hydrogens is 411 g/mol. The van der Waals surface area contributed by atoms with E-state index in [0.29, 0.717) is 6.54 Å². The van der Waals surface area contributed by atoms with Gasteiger partial charge < -0.3 is 20.3 Å². The van der Waals surface area contributed by atoms with Gasteiger partial charge in [-0.2, -0.15) is 0 Å². The molecule has 0 aromatic heterocycles. The van der Waals surface area contributed by atoms with Gasteiger partial charge in [-0.1, -0.05) is 12.1 Å². The Hall–Kier alpha value is -0.890. The summed E-state index contributed by atoms with van der Waals surface area (Å²) in [4.78, 5) is 19.7. The monoisotopic (exact) mass is 446 g/mol.